The summed E-state index contributed by atoms with van der Waals surface area (Å²) in [6, 6.07) is 5.43. The number of nitrogens with one attached hydrogen (secondary N) is 1. The fraction of sp³-hybridized carbons (Fsp3) is 0.333. The first-order chi connectivity index (χ1) is 7.00. The fourth-order valence-electron chi connectivity index (χ4n) is 1.26. The monoisotopic (exact) mass is 271 g/mol. The van der Waals surface area contributed by atoms with E-state index in [0.29, 0.717) is 12.1 Å². The molecule has 0 radical (unpaired) electrons. The molecule has 0 heterocycles. The first-order valence-electron chi connectivity index (χ1n) is 4.83. The van der Waals surface area contributed by atoms with Gasteiger partial charge in [0.1, 0.15) is 5.82 Å². The van der Waals surface area contributed by atoms with Crippen molar-refractivity contribution in [2.75, 3.05) is 6.54 Å². The summed E-state index contributed by atoms with van der Waals surface area (Å²) in [5.41, 5.74) is 1.63. The van der Waals surface area contributed by atoms with Crippen LogP contribution in [-0.4, -0.2) is 6.54 Å². The van der Waals surface area contributed by atoms with E-state index in [2.05, 4.69) is 27.8 Å². The van der Waals surface area contributed by atoms with E-state index >= 15 is 0 Å². The summed E-state index contributed by atoms with van der Waals surface area (Å²) >= 11 is 3.27. The fourth-order valence-corrected chi connectivity index (χ4v) is 1.42. The van der Waals surface area contributed by atoms with Crippen LogP contribution in [0.4, 0.5) is 4.39 Å². The molecule has 0 aliphatic heterocycles. The van der Waals surface area contributed by atoms with E-state index in [9.17, 15) is 4.39 Å². The van der Waals surface area contributed by atoms with E-state index in [1.54, 1.807) is 19.1 Å². The molecule has 1 aromatic carbocycles. The maximum absolute atomic E-state index is 13.3. The van der Waals surface area contributed by atoms with Crippen molar-refractivity contribution in [3.8, 4) is 0 Å². The molecular weight excluding hydrogens is 257 g/mol. The number of benzene rings is 1. The lowest BCUT2D eigenvalue weighted by molar-refractivity contribution is 0.589. The number of halogens is 2. The van der Waals surface area contributed by atoms with Gasteiger partial charge in [-0.2, -0.15) is 0 Å². The molecule has 1 atom stereocenters. The summed E-state index contributed by atoms with van der Waals surface area (Å²) in [6.45, 7) is 8.17. The van der Waals surface area contributed by atoms with Crippen LogP contribution in [0, 0.1) is 12.7 Å². The molecule has 0 amide bonds. The Hall–Kier alpha value is -0.670. The van der Waals surface area contributed by atoms with Gasteiger partial charge in [-0.15, -0.1) is 0 Å². The zero-order chi connectivity index (χ0) is 11.4. The quantitative estimate of drug-likeness (QED) is 0.881. The Labute approximate surface area is 98.5 Å². The number of hydrogen-bond acceptors (Lipinski definition) is 1. The first kappa shape index (κ1) is 12.4. The van der Waals surface area contributed by atoms with Gasteiger partial charge < -0.3 is 5.32 Å². The molecule has 0 saturated heterocycles. The summed E-state index contributed by atoms with van der Waals surface area (Å²) < 4.78 is 14.2. The van der Waals surface area contributed by atoms with Gasteiger partial charge in [0.05, 0.1) is 0 Å². The highest BCUT2D eigenvalue weighted by Gasteiger charge is 2.06. The van der Waals surface area contributed by atoms with Crippen LogP contribution >= 0.6 is 15.9 Å². The molecule has 15 heavy (non-hydrogen) atoms. The summed E-state index contributed by atoms with van der Waals surface area (Å²) in [5, 5.41) is 3.23. The van der Waals surface area contributed by atoms with E-state index < -0.39 is 0 Å². The second kappa shape index (κ2) is 5.42. The van der Waals surface area contributed by atoms with Crippen LogP contribution in [0.2, 0.25) is 0 Å². The molecule has 1 rings (SSSR count). The lowest BCUT2D eigenvalue weighted by Gasteiger charge is -2.14. The summed E-state index contributed by atoms with van der Waals surface area (Å²) in [7, 11) is 0. The Kier molecular flexibility index (Phi) is 4.48. The molecule has 1 nitrogen and oxygen atoms in total. The van der Waals surface area contributed by atoms with Gasteiger partial charge in [0, 0.05) is 17.1 Å². The molecule has 3 heteroatoms. The molecule has 0 spiro atoms. The molecule has 0 bridgehead atoms. The van der Waals surface area contributed by atoms with Crippen LogP contribution < -0.4 is 5.32 Å². The SMILES string of the molecule is C=C(Br)CNC(C)c1ccc(C)c(F)c1. The van der Waals surface area contributed by atoms with Crippen LogP contribution in [0.1, 0.15) is 24.1 Å². The molecular formula is C12H15BrFN. The van der Waals surface area contributed by atoms with Crippen LogP contribution in [0.15, 0.2) is 29.3 Å². The highest BCUT2D eigenvalue weighted by Crippen LogP contribution is 2.16. The minimum Gasteiger partial charge on any atom is -0.306 e. The van der Waals surface area contributed by atoms with Crippen LogP contribution in [0.5, 0.6) is 0 Å². The van der Waals surface area contributed by atoms with Gasteiger partial charge in [0.25, 0.3) is 0 Å². The summed E-state index contributed by atoms with van der Waals surface area (Å²) in [5.74, 6) is -0.154. The van der Waals surface area contributed by atoms with Gasteiger partial charge in [-0.1, -0.05) is 34.6 Å². The van der Waals surface area contributed by atoms with Crippen molar-refractivity contribution < 1.29 is 4.39 Å². The Bertz CT molecular complexity index is 363. The largest absolute Gasteiger partial charge is 0.306 e. The first-order valence-corrected chi connectivity index (χ1v) is 5.62. The van der Waals surface area contributed by atoms with Gasteiger partial charge >= 0.3 is 0 Å². The Morgan fingerprint density at radius 1 is 1.60 bits per heavy atom. The number of aryl methyl sites for hydroxylation is 1. The van der Waals surface area contributed by atoms with E-state index in [1.807, 2.05) is 13.0 Å². The van der Waals surface area contributed by atoms with Crippen LogP contribution in [0.25, 0.3) is 0 Å². The van der Waals surface area contributed by atoms with Crippen molar-refractivity contribution in [2.45, 2.75) is 19.9 Å². The van der Waals surface area contributed by atoms with Crippen molar-refractivity contribution in [3.05, 3.63) is 46.2 Å². The van der Waals surface area contributed by atoms with Gasteiger partial charge in [0.2, 0.25) is 0 Å². The van der Waals surface area contributed by atoms with Gasteiger partial charge in [-0.05, 0) is 31.0 Å². The highest BCUT2D eigenvalue weighted by atomic mass is 79.9. The van der Waals surface area contributed by atoms with Crippen molar-refractivity contribution >= 4 is 15.9 Å². The molecule has 1 N–H and O–H groups in total. The van der Waals surface area contributed by atoms with Crippen LogP contribution in [-0.2, 0) is 0 Å². The average Bonchev–Trinajstić information content (AvgIpc) is 2.18. The topological polar surface area (TPSA) is 12.0 Å². The van der Waals surface area contributed by atoms with E-state index in [4.69, 9.17) is 0 Å². The van der Waals surface area contributed by atoms with Gasteiger partial charge in [-0.25, -0.2) is 4.39 Å². The zero-order valence-corrected chi connectivity index (χ0v) is 10.6. The lowest BCUT2D eigenvalue weighted by atomic mass is 10.1. The Morgan fingerprint density at radius 3 is 2.80 bits per heavy atom. The molecule has 82 valence electrons. The normalized spacial score (nSPS) is 12.5. The minimum atomic E-state index is -0.154. The lowest BCUT2D eigenvalue weighted by Crippen LogP contribution is -2.19. The average molecular weight is 272 g/mol. The van der Waals surface area contributed by atoms with E-state index in [1.165, 1.54) is 0 Å². The maximum atomic E-state index is 13.3. The van der Waals surface area contributed by atoms with Gasteiger partial charge in [-0.3, -0.25) is 0 Å². The van der Waals surface area contributed by atoms with Crippen molar-refractivity contribution in [2.24, 2.45) is 0 Å². The smallest absolute Gasteiger partial charge is 0.126 e. The third-order valence-corrected chi connectivity index (χ3v) is 2.58. The van der Waals surface area contributed by atoms with E-state index in [0.717, 1.165) is 10.0 Å². The second-order valence-electron chi connectivity index (χ2n) is 3.63. The predicted molar refractivity (Wildman–Crippen MR) is 65.6 cm³/mol. The Balaban J connectivity index is 2.69. The van der Waals surface area contributed by atoms with Gasteiger partial charge in [0.15, 0.2) is 0 Å². The standard InChI is InChI=1S/C12H15BrFN/c1-8-4-5-11(6-12(8)14)10(3)15-7-9(2)13/h4-6,10,15H,2,7H2,1,3H3. The molecule has 0 aromatic heterocycles. The third kappa shape index (κ3) is 3.76. The Morgan fingerprint density at radius 2 is 2.27 bits per heavy atom. The predicted octanol–water partition coefficient (Wildman–Crippen LogP) is 3.69. The summed E-state index contributed by atoms with van der Waals surface area (Å²) in [6.07, 6.45) is 0. The van der Waals surface area contributed by atoms with Crippen molar-refractivity contribution in [3.63, 3.8) is 0 Å². The third-order valence-electron chi connectivity index (χ3n) is 2.30. The van der Waals surface area contributed by atoms with Crippen LogP contribution in [0.3, 0.4) is 0 Å². The zero-order valence-electron chi connectivity index (χ0n) is 8.98. The molecule has 0 aliphatic carbocycles. The number of hydrogen-bond donors (Lipinski definition) is 1. The molecule has 1 unspecified atom stereocenters. The van der Waals surface area contributed by atoms with E-state index in [-0.39, 0.29) is 11.9 Å². The highest BCUT2D eigenvalue weighted by molar-refractivity contribution is 9.11. The molecule has 0 saturated carbocycles. The molecule has 1 aromatic rings. The van der Waals surface area contributed by atoms with Crippen molar-refractivity contribution in [1.29, 1.82) is 0 Å². The minimum absolute atomic E-state index is 0.120. The van der Waals surface area contributed by atoms with Crippen molar-refractivity contribution in [1.82, 2.24) is 5.32 Å². The molecule has 0 aliphatic rings. The summed E-state index contributed by atoms with van der Waals surface area (Å²) in [4.78, 5) is 0. The number of rotatable bonds is 4. The second-order valence-corrected chi connectivity index (χ2v) is 4.75. The molecule has 0 fully saturated rings. The maximum Gasteiger partial charge on any atom is 0.126 e.